The van der Waals surface area contributed by atoms with Crippen LogP contribution in [0.2, 0.25) is 0 Å². The third kappa shape index (κ3) is 6.86. The number of nitrogens with one attached hydrogen (secondary N) is 1. The van der Waals surface area contributed by atoms with E-state index in [0.717, 1.165) is 41.3 Å². The highest BCUT2D eigenvalue weighted by molar-refractivity contribution is 5.76. The first-order valence-corrected chi connectivity index (χ1v) is 12.0. The van der Waals surface area contributed by atoms with Crippen molar-refractivity contribution in [2.24, 2.45) is 11.8 Å². The predicted octanol–water partition coefficient (Wildman–Crippen LogP) is 6.87. The Kier molecular flexibility index (Phi) is 8.74. The highest BCUT2D eigenvalue weighted by Crippen LogP contribution is 2.34. The van der Waals surface area contributed by atoms with Gasteiger partial charge < -0.3 is 19.4 Å². The molecule has 0 aliphatic rings. The van der Waals surface area contributed by atoms with Crippen molar-refractivity contribution in [1.82, 2.24) is 4.98 Å². The van der Waals surface area contributed by atoms with Gasteiger partial charge in [0.15, 0.2) is 0 Å². The van der Waals surface area contributed by atoms with Crippen molar-refractivity contribution in [2.75, 3.05) is 30.4 Å². The second kappa shape index (κ2) is 11.7. The van der Waals surface area contributed by atoms with Gasteiger partial charge in [-0.15, -0.1) is 0 Å². The molecule has 6 nitrogen and oxygen atoms in total. The molecule has 0 aliphatic heterocycles. The number of methoxy groups -OCH3 is 1. The van der Waals surface area contributed by atoms with E-state index in [9.17, 15) is 4.79 Å². The summed E-state index contributed by atoms with van der Waals surface area (Å²) in [6, 6.07) is 16.7. The van der Waals surface area contributed by atoms with Gasteiger partial charge in [0.25, 0.3) is 6.01 Å². The summed E-state index contributed by atoms with van der Waals surface area (Å²) in [5.41, 5.74) is 4.84. The van der Waals surface area contributed by atoms with Gasteiger partial charge in [0.05, 0.1) is 24.9 Å². The van der Waals surface area contributed by atoms with E-state index in [1.165, 1.54) is 7.11 Å². The van der Waals surface area contributed by atoms with Crippen LogP contribution in [0.3, 0.4) is 0 Å². The zero-order valence-corrected chi connectivity index (χ0v) is 21.2. The van der Waals surface area contributed by atoms with Gasteiger partial charge in [0.2, 0.25) is 0 Å². The van der Waals surface area contributed by atoms with Crippen LogP contribution in [0.25, 0.3) is 11.3 Å². The number of carbonyl (C=O) groups excluding carboxylic acids is 1. The molecule has 34 heavy (non-hydrogen) atoms. The minimum absolute atomic E-state index is 0.0233. The van der Waals surface area contributed by atoms with Crippen LogP contribution in [0.4, 0.5) is 17.4 Å². The average Bonchev–Trinajstić information content (AvgIpc) is 3.27. The van der Waals surface area contributed by atoms with Gasteiger partial charge in [0.1, 0.15) is 12.0 Å². The Balaban J connectivity index is 1.97. The van der Waals surface area contributed by atoms with Crippen molar-refractivity contribution < 1.29 is 13.9 Å². The van der Waals surface area contributed by atoms with Crippen molar-refractivity contribution in [3.05, 3.63) is 60.4 Å². The summed E-state index contributed by atoms with van der Waals surface area (Å²) in [6.45, 7) is 12.8. The van der Waals surface area contributed by atoms with E-state index < -0.39 is 0 Å². The molecular formula is C28H37N3O3. The molecule has 2 aromatic carbocycles. The number of carbonyl (C=O) groups is 1. The molecule has 0 spiro atoms. The zero-order valence-electron chi connectivity index (χ0n) is 21.2. The lowest BCUT2D eigenvalue weighted by Crippen LogP contribution is -2.31. The Morgan fingerprint density at radius 1 is 1.03 bits per heavy atom. The lowest BCUT2D eigenvalue weighted by Gasteiger charge is -2.31. The van der Waals surface area contributed by atoms with Gasteiger partial charge in [-0.25, -0.2) is 0 Å². The van der Waals surface area contributed by atoms with Crippen LogP contribution in [0.5, 0.6) is 0 Å². The van der Waals surface area contributed by atoms with Gasteiger partial charge >= 0.3 is 5.97 Å². The number of ether oxygens (including phenoxy) is 1. The van der Waals surface area contributed by atoms with Gasteiger partial charge in [0, 0.05) is 18.7 Å². The minimum atomic E-state index is -0.215. The average molecular weight is 464 g/mol. The normalized spacial score (nSPS) is 12.1. The van der Waals surface area contributed by atoms with Crippen molar-refractivity contribution in [1.29, 1.82) is 0 Å². The number of hydrogen-bond donors (Lipinski definition) is 1. The number of rotatable bonds is 11. The summed E-state index contributed by atoms with van der Waals surface area (Å²) >= 11 is 0. The molecule has 0 saturated heterocycles. The summed E-state index contributed by atoms with van der Waals surface area (Å²) < 4.78 is 10.7. The lowest BCUT2D eigenvalue weighted by molar-refractivity contribution is -0.140. The molecule has 1 atom stereocenters. The van der Waals surface area contributed by atoms with Crippen LogP contribution in [-0.2, 0) is 9.53 Å². The number of esters is 1. The topological polar surface area (TPSA) is 67.6 Å². The number of aromatic nitrogens is 1. The standard InChI is InChI=1S/C28H37N3O3/c1-19(2)16-31(17-20(3)4)26-13-12-23(21(5)14-27(32)33-6)15-24(26)29-28-30-25(18-34-28)22-10-8-7-9-11-22/h7-13,15,18-21H,14,16-17H2,1-6H3,(H,29,30). The molecule has 0 amide bonds. The quantitative estimate of drug-likeness (QED) is 0.313. The van der Waals surface area contributed by atoms with E-state index in [4.69, 9.17) is 9.15 Å². The number of oxazole rings is 1. The fourth-order valence-electron chi connectivity index (χ4n) is 4.03. The third-order valence-corrected chi connectivity index (χ3v) is 5.62. The van der Waals surface area contributed by atoms with Gasteiger partial charge in [-0.05, 0) is 35.4 Å². The van der Waals surface area contributed by atoms with Crippen LogP contribution in [0.1, 0.15) is 52.5 Å². The van der Waals surface area contributed by atoms with E-state index in [1.54, 1.807) is 6.26 Å². The van der Waals surface area contributed by atoms with E-state index in [1.807, 2.05) is 37.3 Å². The minimum Gasteiger partial charge on any atom is -0.469 e. The summed E-state index contributed by atoms with van der Waals surface area (Å²) in [5, 5.41) is 3.42. The molecule has 1 heterocycles. The van der Waals surface area contributed by atoms with E-state index in [0.29, 0.717) is 24.3 Å². The lowest BCUT2D eigenvalue weighted by atomic mass is 9.96. The van der Waals surface area contributed by atoms with Crippen molar-refractivity contribution in [2.45, 2.75) is 47.0 Å². The van der Waals surface area contributed by atoms with Gasteiger partial charge in [-0.3, -0.25) is 4.79 Å². The molecule has 0 radical (unpaired) electrons. The Labute approximate surface area is 203 Å². The fraction of sp³-hybridized carbons (Fsp3) is 0.429. The summed E-state index contributed by atoms with van der Waals surface area (Å²) in [4.78, 5) is 18.9. The summed E-state index contributed by atoms with van der Waals surface area (Å²) in [5.74, 6) is 0.828. The highest BCUT2D eigenvalue weighted by atomic mass is 16.5. The first-order valence-electron chi connectivity index (χ1n) is 12.0. The largest absolute Gasteiger partial charge is 0.469 e. The van der Waals surface area contributed by atoms with Crippen LogP contribution < -0.4 is 10.2 Å². The first kappa shape index (κ1) is 25.3. The van der Waals surface area contributed by atoms with E-state index in [2.05, 4.69) is 61.1 Å². The van der Waals surface area contributed by atoms with Crippen LogP contribution in [0, 0.1) is 11.8 Å². The maximum absolute atomic E-state index is 11.9. The maximum atomic E-state index is 11.9. The molecule has 3 aromatic rings. The van der Waals surface area contributed by atoms with Crippen LogP contribution in [0.15, 0.2) is 59.2 Å². The van der Waals surface area contributed by atoms with E-state index >= 15 is 0 Å². The summed E-state index contributed by atoms with van der Waals surface area (Å²) in [7, 11) is 1.42. The Bertz CT molecular complexity index is 1050. The van der Waals surface area contributed by atoms with Gasteiger partial charge in [-0.1, -0.05) is 71.0 Å². The molecule has 1 N–H and O–H groups in total. The predicted molar refractivity (Wildman–Crippen MR) is 139 cm³/mol. The highest BCUT2D eigenvalue weighted by Gasteiger charge is 2.19. The number of anilines is 3. The molecule has 182 valence electrons. The second-order valence-corrected chi connectivity index (χ2v) is 9.68. The Morgan fingerprint density at radius 2 is 1.71 bits per heavy atom. The molecule has 1 unspecified atom stereocenters. The maximum Gasteiger partial charge on any atom is 0.306 e. The molecule has 1 aromatic heterocycles. The van der Waals surface area contributed by atoms with Crippen molar-refractivity contribution in [3.63, 3.8) is 0 Å². The molecule has 0 fully saturated rings. The molecule has 0 saturated carbocycles. The molecule has 3 rings (SSSR count). The fourth-order valence-corrected chi connectivity index (χ4v) is 4.03. The van der Waals surface area contributed by atoms with Crippen molar-refractivity contribution >= 4 is 23.4 Å². The SMILES string of the molecule is COC(=O)CC(C)c1ccc(N(CC(C)C)CC(C)C)c(Nc2nc(-c3ccccc3)co2)c1. The zero-order chi connectivity index (χ0) is 24.7. The third-order valence-electron chi connectivity index (χ3n) is 5.62. The molecule has 0 aliphatic carbocycles. The molecular weight excluding hydrogens is 426 g/mol. The smallest absolute Gasteiger partial charge is 0.306 e. The second-order valence-electron chi connectivity index (χ2n) is 9.68. The van der Waals surface area contributed by atoms with Crippen molar-refractivity contribution in [3.8, 4) is 11.3 Å². The monoisotopic (exact) mass is 463 g/mol. The number of benzene rings is 2. The Morgan fingerprint density at radius 3 is 2.32 bits per heavy atom. The van der Waals surface area contributed by atoms with Gasteiger partial charge in [-0.2, -0.15) is 4.98 Å². The number of nitrogens with zero attached hydrogens (tertiary/aromatic N) is 2. The molecule has 0 bridgehead atoms. The summed E-state index contributed by atoms with van der Waals surface area (Å²) in [6.07, 6.45) is 2.00. The van der Waals surface area contributed by atoms with Crippen LogP contribution >= 0.6 is 0 Å². The van der Waals surface area contributed by atoms with E-state index in [-0.39, 0.29) is 11.9 Å². The first-order chi connectivity index (χ1) is 16.3. The van der Waals surface area contributed by atoms with Crippen LogP contribution in [-0.4, -0.2) is 31.2 Å². The number of hydrogen-bond acceptors (Lipinski definition) is 6. The Hall–Kier alpha value is -3.28. The molecule has 6 heteroatoms.